The van der Waals surface area contributed by atoms with Crippen LogP contribution >= 0.6 is 0 Å². The van der Waals surface area contributed by atoms with Crippen molar-refractivity contribution >= 4 is 27.8 Å². The Labute approximate surface area is 120 Å². The predicted octanol–water partition coefficient (Wildman–Crippen LogP) is -0.827. The van der Waals surface area contributed by atoms with Gasteiger partial charge < -0.3 is 5.11 Å². The Hall–Kier alpha value is -2.26. The Balaban J connectivity index is 2.15. The van der Waals surface area contributed by atoms with Crippen molar-refractivity contribution < 1.29 is 27.9 Å². The van der Waals surface area contributed by atoms with E-state index in [1.807, 2.05) is 5.32 Å². The van der Waals surface area contributed by atoms with Crippen LogP contribution in [0.2, 0.25) is 0 Å². The number of amides is 2. The molecule has 21 heavy (non-hydrogen) atoms. The van der Waals surface area contributed by atoms with Gasteiger partial charge in [-0.2, -0.15) is 4.31 Å². The Morgan fingerprint density at radius 1 is 1.14 bits per heavy atom. The number of hydrogen-bond acceptors (Lipinski definition) is 5. The molecular weight excluding hydrogens is 300 g/mol. The van der Waals surface area contributed by atoms with Crippen molar-refractivity contribution in [1.29, 1.82) is 0 Å². The van der Waals surface area contributed by atoms with Crippen molar-refractivity contribution in [1.82, 2.24) is 9.62 Å². The number of rotatable bonds is 4. The molecular formula is C12H12N2O6S. The first-order valence-corrected chi connectivity index (χ1v) is 7.51. The molecule has 8 nitrogen and oxygen atoms in total. The Bertz CT molecular complexity index is 679. The predicted molar refractivity (Wildman–Crippen MR) is 70.7 cm³/mol. The molecule has 0 atom stereocenters. The highest BCUT2D eigenvalue weighted by atomic mass is 32.2. The Morgan fingerprint density at radius 3 is 2.14 bits per heavy atom. The highest BCUT2D eigenvalue weighted by Crippen LogP contribution is 2.13. The van der Waals surface area contributed by atoms with Gasteiger partial charge in [-0.05, 0) is 17.7 Å². The van der Waals surface area contributed by atoms with Gasteiger partial charge in [-0.1, -0.05) is 12.1 Å². The minimum Gasteiger partial charge on any atom is -0.478 e. The molecule has 1 aliphatic heterocycles. The maximum absolute atomic E-state index is 12.1. The summed E-state index contributed by atoms with van der Waals surface area (Å²) in [5.74, 6) is -2.86. The number of imide groups is 1. The SMILES string of the molecule is O=C1CN(S(=O)(=O)Cc2ccc(C(=O)O)cc2)CC(=O)N1. The summed E-state index contributed by atoms with van der Waals surface area (Å²) in [6.45, 7) is -0.803. The first-order chi connectivity index (χ1) is 9.78. The van der Waals surface area contributed by atoms with Crippen LogP contribution in [0.15, 0.2) is 24.3 Å². The van der Waals surface area contributed by atoms with E-state index in [4.69, 9.17) is 5.11 Å². The lowest BCUT2D eigenvalue weighted by Gasteiger charge is -2.24. The van der Waals surface area contributed by atoms with E-state index < -0.39 is 46.6 Å². The molecule has 0 bridgehead atoms. The molecule has 1 saturated heterocycles. The van der Waals surface area contributed by atoms with Crippen LogP contribution in [-0.4, -0.2) is 48.7 Å². The smallest absolute Gasteiger partial charge is 0.335 e. The molecule has 0 saturated carbocycles. The normalized spacial score (nSPS) is 16.6. The Morgan fingerprint density at radius 2 is 1.67 bits per heavy atom. The lowest BCUT2D eigenvalue weighted by molar-refractivity contribution is -0.134. The van der Waals surface area contributed by atoms with Gasteiger partial charge in [-0.3, -0.25) is 14.9 Å². The molecule has 1 aromatic rings. The van der Waals surface area contributed by atoms with Gasteiger partial charge in [-0.25, -0.2) is 13.2 Å². The van der Waals surface area contributed by atoms with E-state index in [1.54, 1.807) is 0 Å². The molecule has 2 amide bonds. The summed E-state index contributed by atoms with van der Waals surface area (Å²) in [6, 6.07) is 5.35. The van der Waals surface area contributed by atoms with Crippen molar-refractivity contribution in [2.75, 3.05) is 13.1 Å². The number of carboxylic acids is 1. The monoisotopic (exact) mass is 312 g/mol. The standard InChI is InChI=1S/C12H12N2O6S/c15-10-5-14(6-11(16)13-10)21(19,20)7-8-1-3-9(4-2-8)12(17)18/h1-4H,5-7H2,(H,17,18)(H,13,15,16). The molecule has 0 aromatic heterocycles. The number of carboxylic acid groups (broad SMARTS) is 1. The lowest BCUT2D eigenvalue weighted by Crippen LogP contribution is -2.53. The van der Waals surface area contributed by atoms with Crippen molar-refractivity contribution in [3.63, 3.8) is 0 Å². The third kappa shape index (κ3) is 3.64. The number of nitrogens with one attached hydrogen (secondary N) is 1. The van der Waals surface area contributed by atoms with Gasteiger partial charge in [-0.15, -0.1) is 0 Å². The number of benzene rings is 1. The van der Waals surface area contributed by atoms with Crippen molar-refractivity contribution in [3.8, 4) is 0 Å². The molecule has 0 radical (unpaired) electrons. The van der Waals surface area contributed by atoms with Gasteiger partial charge >= 0.3 is 5.97 Å². The molecule has 0 unspecified atom stereocenters. The van der Waals surface area contributed by atoms with Crippen LogP contribution in [0.3, 0.4) is 0 Å². The van der Waals surface area contributed by atoms with Crippen LogP contribution in [0.4, 0.5) is 0 Å². The first-order valence-electron chi connectivity index (χ1n) is 5.91. The summed E-state index contributed by atoms with van der Waals surface area (Å²) < 4.78 is 25.1. The Kier molecular flexibility index (Phi) is 4.05. The van der Waals surface area contributed by atoms with Crippen LogP contribution in [0.5, 0.6) is 0 Å². The van der Waals surface area contributed by atoms with E-state index in [0.717, 1.165) is 4.31 Å². The minimum absolute atomic E-state index is 0.0451. The molecule has 1 heterocycles. The van der Waals surface area contributed by atoms with Crippen molar-refractivity contribution in [2.24, 2.45) is 0 Å². The second kappa shape index (κ2) is 5.62. The fourth-order valence-electron chi connectivity index (χ4n) is 1.85. The van der Waals surface area contributed by atoms with Crippen LogP contribution in [0, 0.1) is 0 Å². The summed E-state index contributed by atoms with van der Waals surface area (Å²) in [5, 5.41) is 10.8. The third-order valence-corrected chi connectivity index (χ3v) is 4.61. The zero-order chi connectivity index (χ0) is 15.6. The summed E-state index contributed by atoms with van der Waals surface area (Å²) >= 11 is 0. The zero-order valence-corrected chi connectivity index (χ0v) is 11.6. The third-order valence-electron chi connectivity index (χ3n) is 2.86. The highest BCUT2D eigenvalue weighted by molar-refractivity contribution is 7.88. The number of hydrogen-bond donors (Lipinski definition) is 2. The maximum atomic E-state index is 12.1. The summed E-state index contributed by atoms with van der Waals surface area (Å²) in [5.41, 5.74) is 0.419. The van der Waals surface area contributed by atoms with E-state index in [9.17, 15) is 22.8 Å². The first kappa shape index (κ1) is 15.1. The van der Waals surface area contributed by atoms with Crippen molar-refractivity contribution in [3.05, 3.63) is 35.4 Å². The van der Waals surface area contributed by atoms with E-state index in [0.29, 0.717) is 5.56 Å². The summed E-state index contributed by atoms with van der Waals surface area (Å²) in [6.07, 6.45) is 0. The average Bonchev–Trinajstić information content (AvgIpc) is 2.37. The van der Waals surface area contributed by atoms with Crippen LogP contribution in [0.25, 0.3) is 0 Å². The fraction of sp³-hybridized carbons (Fsp3) is 0.250. The van der Waals surface area contributed by atoms with Gasteiger partial charge in [0.15, 0.2) is 0 Å². The van der Waals surface area contributed by atoms with Crippen molar-refractivity contribution in [2.45, 2.75) is 5.75 Å². The van der Waals surface area contributed by atoms with Crippen LogP contribution < -0.4 is 5.32 Å². The lowest BCUT2D eigenvalue weighted by atomic mass is 10.1. The molecule has 112 valence electrons. The molecule has 1 aromatic carbocycles. The molecule has 2 N–H and O–H groups in total. The molecule has 2 rings (SSSR count). The molecule has 1 aliphatic rings. The summed E-state index contributed by atoms with van der Waals surface area (Å²) in [7, 11) is -3.83. The molecule has 9 heteroatoms. The number of aromatic carboxylic acids is 1. The van der Waals surface area contributed by atoms with Gasteiger partial charge in [0.1, 0.15) is 0 Å². The molecule has 1 fully saturated rings. The number of nitrogens with zero attached hydrogens (tertiary/aromatic N) is 1. The second-order valence-corrected chi connectivity index (χ2v) is 6.47. The number of piperazine rings is 1. The quantitative estimate of drug-likeness (QED) is 0.700. The summed E-state index contributed by atoms with van der Waals surface area (Å²) in [4.78, 5) is 33.1. The van der Waals surface area contributed by atoms with Crippen LogP contribution in [0.1, 0.15) is 15.9 Å². The van der Waals surface area contributed by atoms with E-state index in [2.05, 4.69) is 0 Å². The van der Waals surface area contributed by atoms with Gasteiger partial charge in [0.2, 0.25) is 21.8 Å². The van der Waals surface area contributed by atoms with Gasteiger partial charge in [0, 0.05) is 0 Å². The van der Waals surface area contributed by atoms with E-state index >= 15 is 0 Å². The zero-order valence-electron chi connectivity index (χ0n) is 10.8. The van der Waals surface area contributed by atoms with Crippen LogP contribution in [-0.2, 0) is 25.4 Å². The minimum atomic E-state index is -3.83. The number of carbonyl (C=O) groups excluding carboxylic acids is 2. The maximum Gasteiger partial charge on any atom is 0.335 e. The van der Waals surface area contributed by atoms with Gasteiger partial charge in [0.05, 0.1) is 24.4 Å². The largest absolute Gasteiger partial charge is 0.478 e. The van der Waals surface area contributed by atoms with Gasteiger partial charge in [0.25, 0.3) is 0 Å². The highest BCUT2D eigenvalue weighted by Gasteiger charge is 2.31. The second-order valence-electron chi connectivity index (χ2n) is 4.50. The topological polar surface area (TPSA) is 121 Å². The average molecular weight is 312 g/mol. The number of sulfonamides is 1. The molecule has 0 aliphatic carbocycles. The molecule has 0 spiro atoms. The number of carbonyl (C=O) groups is 3. The fourth-order valence-corrected chi connectivity index (χ4v) is 3.28. The van der Waals surface area contributed by atoms with E-state index in [-0.39, 0.29) is 5.56 Å². The van der Waals surface area contributed by atoms with E-state index in [1.165, 1.54) is 24.3 Å².